The number of hydrogen-bond acceptors (Lipinski definition) is 4. The predicted octanol–water partition coefficient (Wildman–Crippen LogP) is 2.58. The Morgan fingerprint density at radius 1 is 1.35 bits per heavy atom. The van der Waals surface area contributed by atoms with Crippen LogP contribution in [-0.2, 0) is 22.6 Å². The molecule has 2 aliphatic rings. The topological polar surface area (TPSA) is 53.5 Å². The van der Waals surface area contributed by atoms with Gasteiger partial charge in [0.2, 0.25) is 11.8 Å². The molecule has 0 aromatic carbocycles. The first-order valence-corrected chi connectivity index (χ1v) is 9.90. The first kappa shape index (κ1) is 17.2. The zero-order chi connectivity index (χ0) is 18.1. The Bertz CT molecular complexity index is 793. The summed E-state index contributed by atoms with van der Waals surface area (Å²) in [6.07, 6.45) is 4.07. The number of aromatic nitrogens is 1. The number of rotatable bonds is 5. The van der Waals surface area contributed by atoms with Crippen molar-refractivity contribution in [1.29, 1.82) is 0 Å². The van der Waals surface area contributed by atoms with E-state index in [1.807, 2.05) is 47.7 Å². The molecule has 0 N–H and O–H groups in total. The van der Waals surface area contributed by atoms with E-state index in [1.165, 1.54) is 0 Å². The maximum absolute atomic E-state index is 12.8. The number of amides is 2. The second kappa shape index (κ2) is 6.83. The fourth-order valence-electron chi connectivity index (χ4n) is 4.01. The highest BCUT2D eigenvalue weighted by Crippen LogP contribution is 2.59. The van der Waals surface area contributed by atoms with Crippen LogP contribution in [0.15, 0.2) is 41.9 Å². The fraction of sp³-hybridized carbons (Fsp3) is 0.450. The lowest BCUT2D eigenvalue weighted by molar-refractivity contribution is -0.133. The van der Waals surface area contributed by atoms with Crippen molar-refractivity contribution in [2.45, 2.75) is 25.8 Å². The molecule has 1 saturated heterocycles. The molecule has 2 fully saturated rings. The van der Waals surface area contributed by atoms with E-state index >= 15 is 0 Å². The number of thiophene rings is 1. The van der Waals surface area contributed by atoms with Crippen LogP contribution in [-0.4, -0.2) is 46.7 Å². The molecule has 1 spiro atoms. The number of carbonyl (C=O) groups excluding carboxylic acids is 2. The molecule has 0 bridgehead atoms. The fourth-order valence-corrected chi connectivity index (χ4v) is 4.71. The van der Waals surface area contributed by atoms with Gasteiger partial charge < -0.3 is 9.80 Å². The average molecular weight is 369 g/mol. The molecular weight excluding hydrogens is 346 g/mol. The molecule has 2 aromatic rings. The minimum atomic E-state index is 0.0145. The smallest absolute Gasteiger partial charge is 0.227 e. The van der Waals surface area contributed by atoms with E-state index in [0.29, 0.717) is 13.0 Å². The van der Waals surface area contributed by atoms with Crippen molar-refractivity contribution in [3.05, 3.63) is 52.5 Å². The molecule has 136 valence electrons. The molecule has 1 aliphatic carbocycles. The van der Waals surface area contributed by atoms with Gasteiger partial charge in [0, 0.05) is 42.5 Å². The standard InChI is InChI=1S/C20H23N3O2S/c1-22(13-15-5-2-3-8-21-15)19(25)17-12-20(17)7-9-23(14-20)18(24)11-16-6-4-10-26-16/h2-6,8,10,17H,7,9,11-14H2,1H3. The molecule has 1 saturated carbocycles. The van der Waals surface area contributed by atoms with Gasteiger partial charge in [-0.1, -0.05) is 12.1 Å². The minimum absolute atomic E-state index is 0.0145. The van der Waals surface area contributed by atoms with E-state index in [0.717, 1.165) is 36.5 Å². The Kier molecular flexibility index (Phi) is 4.53. The van der Waals surface area contributed by atoms with Crippen molar-refractivity contribution in [1.82, 2.24) is 14.8 Å². The lowest BCUT2D eigenvalue weighted by atomic mass is 10.0. The van der Waals surface area contributed by atoms with Gasteiger partial charge in [-0.2, -0.15) is 0 Å². The molecule has 1 aliphatic heterocycles. The highest BCUT2D eigenvalue weighted by molar-refractivity contribution is 7.10. The third kappa shape index (κ3) is 3.38. The summed E-state index contributed by atoms with van der Waals surface area (Å²) < 4.78 is 0. The van der Waals surface area contributed by atoms with Gasteiger partial charge in [0.15, 0.2) is 0 Å². The molecule has 2 aromatic heterocycles. The van der Waals surface area contributed by atoms with Crippen LogP contribution in [0.1, 0.15) is 23.4 Å². The molecule has 4 rings (SSSR count). The van der Waals surface area contributed by atoms with E-state index in [1.54, 1.807) is 22.4 Å². The van der Waals surface area contributed by atoms with Crippen molar-refractivity contribution >= 4 is 23.2 Å². The molecule has 2 amide bonds. The number of hydrogen-bond donors (Lipinski definition) is 0. The van der Waals surface area contributed by atoms with Crippen molar-refractivity contribution in [3.63, 3.8) is 0 Å². The lowest BCUT2D eigenvalue weighted by Gasteiger charge is -2.19. The SMILES string of the molecule is CN(Cc1ccccn1)C(=O)C1CC12CCN(C(=O)Cc1cccs1)C2. The summed E-state index contributed by atoms with van der Waals surface area (Å²) in [4.78, 5) is 34.4. The quantitative estimate of drug-likeness (QED) is 0.814. The summed E-state index contributed by atoms with van der Waals surface area (Å²) in [5, 5.41) is 2.00. The highest BCUT2D eigenvalue weighted by atomic mass is 32.1. The maximum atomic E-state index is 12.8. The Labute approximate surface area is 157 Å². The zero-order valence-electron chi connectivity index (χ0n) is 14.9. The first-order valence-electron chi connectivity index (χ1n) is 9.02. The molecule has 0 radical (unpaired) electrons. The van der Waals surface area contributed by atoms with Crippen molar-refractivity contribution in [3.8, 4) is 0 Å². The van der Waals surface area contributed by atoms with Gasteiger partial charge >= 0.3 is 0 Å². The van der Waals surface area contributed by atoms with Crippen LogP contribution in [0, 0.1) is 11.3 Å². The molecule has 26 heavy (non-hydrogen) atoms. The second-order valence-electron chi connectivity index (χ2n) is 7.46. The van der Waals surface area contributed by atoms with Crippen LogP contribution in [0.25, 0.3) is 0 Å². The second-order valence-corrected chi connectivity index (χ2v) is 8.49. The van der Waals surface area contributed by atoms with Crippen LogP contribution in [0.5, 0.6) is 0 Å². The van der Waals surface area contributed by atoms with Crippen molar-refractivity contribution in [2.24, 2.45) is 11.3 Å². The van der Waals surface area contributed by atoms with Crippen LogP contribution >= 0.6 is 11.3 Å². The van der Waals surface area contributed by atoms with Gasteiger partial charge in [-0.25, -0.2) is 0 Å². The maximum Gasteiger partial charge on any atom is 0.227 e. The summed E-state index contributed by atoms with van der Waals surface area (Å²) in [5.41, 5.74) is 0.915. The zero-order valence-corrected chi connectivity index (χ0v) is 15.7. The molecule has 6 heteroatoms. The van der Waals surface area contributed by atoms with Gasteiger partial charge in [0.1, 0.15) is 0 Å². The lowest BCUT2D eigenvalue weighted by Crippen LogP contribution is -2.32. The minimum Gasteiger partial charge on any atom is -0.342 e. The van der Waals surface area contributed by atoms with Crippen molar-refractivity contribution in [2.75, 3.05) is 20.1 Å². The average Bonchev–Trinajstić information content (AvgIpc) is 2.98. The number of nitrogens with zero attached hydrogens (tertiary/aromatic N) is 3. The third-order valence-electron chi connectivity index (χ3n) is 5.63. The van der Waals surface area contributed by atoms with Crippen LogP contribution in [0.2, 0.25) is 0 Å². The predicted molar refractivity (Wildman–Crippen MR) is 100 cm³/mol. The largest absolute Gasteiger partial charge is 0.342 e. The summed E-state index contributed by atoms with van der Waals surface area (Å²) in [6.45, 7) is 2.04. The summed E-state index contributed by atoms with van der Waals surface area (Å²) in [5.74, 6) is 0.420. The summed E-state index contributed by atoms with van der Waals surface area (Å²) in [7, 11) is 1.84. The number of carbonyl (C=O) groups is 2. The highest BCUT2D eigenvalue weighted by Gasteiger charge is 2.61. The molecule has 2 atom stereocenters. The Hall–Kier alpha value is -2.21. The Balaban J connectivity index is 1.32. The van der Waals surface area contributed by atoms with Crippen molar-refractivity contribution < 1.29 is 9.59 Å². The van der Waals surface area contributed by atoms with E-state index in [-0.39, 0.29) is 23.1 Å². The van der Waals surface area contributed by atoms with E-state index < -0.39 is 0 Å². The number of likely N-dealkylation sites (tertiary alicyclic amines) is 1. The van der Waals surface area contributed by atoms with E-state index in [4.69, 9.17) is 0 Å². The van der Waals surface area contributed by atoms with Crippen LogP contribution < -0.4 is 0 Å². The molecule has 3 heterocycles. The summed E-state index contributed by atoms with van der Waals surface area (Å²) >= 11 is 1.62. The van der Waals surface area contributed by atoms with Crippen LogP contribution in [0.3, 0.4) is 0 Å². The Morgan fingerprint density at radius 2 is 2.23 bits per heavy atom. The van der Waals surface area contributed by atoms with Gasteiger partial charge in [0.25, 0.3) is 0 Å². The van der Waals surface area contributed by atoms with E-state index in [9.17, 15) is 9.59 Å². The Morgan fingerprint density at radius 3 is 2.96 bits per heavy atom. The normalized spacial score (nSPS) is 24.0. The van der Waals surface area contributed by atoms with E-state index in [2.05, 4.69) is 4.98 Å². The van der Waals surface area contributed by atoms with Gasteiger partial charge in [0.05, 0.1) is 18.7 Å². The van der Waals surface area contributed by atoms with Gasteiger partial charge in [-0.3, -0.25) is 14.6 Å². The monoisotopic (exact) mass is 369 g/mol. The molecule has 5 nitrogen and oxygen atoms in total. The summed E-state index contributed by atoms with van der Waals surface area (Å²) in [6, 6.07) is 9.73. The molecular formula is C20H23N3O2S. The molecule has 2 unspecified atom stereocenters. The van der Waals surface area contributed by atoms with Gasteiger partial charge in [-0.15, -0.1) is 11.3 Å². The van der Waals surface area contributed by atoms with Crippen LogP contribution in [0.4, 0.5) is 0 Å². The number of pyridine rings is 1. The third-order valence-corrected chi connectivity index (χ3v) is 6.51. The first-order chi connectivity index (χ1) is 12.6. The van der Waals surface area contributed by atoms with Gasteiger partial charge in [-0.05, 0) is 36.4 Å².